The lowest BCUT2D eigenvalue weighted by atomic mass is 10.2. The molecule has 1 aromatic carbocycles. The Labute approximate surface area is 128 Å². The van der Waals surface area contributed by atoms with Gasteiger partial charge in [-0.3, -0.25) is 4.79 Å². The maximum Gasteiger partial charge on any atom is 0.355 e. The summed E-state index contributed by atoms with van der Waals surface area (Å²) in [4.78, 5) is 26.7. The van der Waals surface area contributed by atoms with Crippen LogP contribution in [-0.2, 0) is 0 Å². The first-order valence-electron chi connectivity index (χ1n) is 5.83. The minimum atomic E-state index is -1.13. The molecule has 0 aliphatic heterocycles. The van der Waals surface area contributed by atoms with E-state index in [0.29, 0.717) is 5.01 Å². The second-order valence-corrected chi connectivity index (χ2v) is 5.44. The maximum absolute atomic E-state index is 13.3. The molecule has 0 bridgehead atoms. The van der Waals surface area contributed by atoms with E-state index >= 15 is 0 Å². The van der Waals surface area contributed by atoms with Gasteiger partial charge in [-0.25, -0.2) is 14.2 Å². The smallest absolute Gasteiger partial charge is 0.355 e. The van der Waals surface area contributed by atoms with Crippen molar-refractivity contribution in [2.75, 3.05) is 0 Å². The zero-order valence-electron chi connectivity index (χ0n) is 10.8. The molecule has 2 aromatic rings. The second kappa shape index (κ2) is 6.19. The number of rotatable bonds is 4. The number of amides is 1. The maximum atomic E-state index is 13.3. The van der Waals surface area contributed by atoms with Crippen molar-refractivity contribution >= 4 is 34.8 Å². The Hall–Kier alpha value is -1.99. The number of carbonyl (C=O) groups is 2. The molecule has 8 heteroatoms. The number of aromatic nitrogens is 1. The van der Waals surface area contributed by atoms with Gasteiger partial charge in [0.15, 0.2) is 5.69 Å². The van der Waals surface area contributed by atoms with Crippen molar-refractivity contribution in [3.05, 3.63) is 50.7 Å². The monoisotopic (exact) mass is 328 g/mol. The van der Waals surface area contributed by atoms with Crippen LogP contribution in [0.25, 0.3) is 0 Å². The molecule has 0 radical (unpaired) electrons. The summed E-state index contributed by atoms with van der Waals surface area (Å²) in [7, 11) is 0. The first kappa shape index (κ1) is 15.4. The van der Waals surface area contributed by atoms with Crippen LogP contribution in [-0.4, -0.2) is 22.0 Å². The van der Waals surface area contributed by atoms with Gasteiger partial charge >= 0.3 is 5.97 Å². The lowest BCUT2D eigenvalue weighted by Crippen LogP contribution is -2.27. The van der Waals surface area contributed by atoms with Crippen molar-refractivity contribution in [3.8, 4) is 0 Å². The number of carboxylic acids is 1. The predicted molar refractivity (Wildman–Crippen MR) is 76.4 cm³/mol. The third kappa shape index (κ3) is 3.37. The Morgan fingerprint density at radius 2 is 2.19 bits per heavy atom. The summed E-state index contributed by atoms with van der Waals surface area (Å²) in [6.07, 6.45) is 0. The zero-order chi connectivity index (χ0) is 15.6. The van der Waals surface area contributed by atoms with E-state index in [9.17, 15) is 14.0 Å². The molecule has 0 saturated carbocycles. The van der Waals surface area contributed by atoms with Gasteiger partial charge < -0.3 is 10.4 Å². The van der Waals surface area contributed by atoms with Gasteiger partial charge in [-0.2, -0.15) is 0 Å². The van der Waals surface area contributed by atoms with E-state index in [2.05, 4.69) is 10.3 Å². The molecule has 2 N–H and O–H groups in total. The molecule has 2 rings (SSSR count). The summed E-state index contributed by atoms with van der Waals surface area (Å²) < 4.78 is 13.3. The highest BCUT2D eigenvalue weighted by molar-refractivity contribution is 7.09. The van der Waals surface area contributed by atoms with E-state index in [-0.39, 0.29) is 16.3 Å². The van der Waals surface area contributed by atoms with Gasteiger partial charge in [0, 0.05) is 5.38 Å². The first-order chi connectivity index (χ1) is 9.90. The van der Waals surface area contributed by atoms with Gasteiger partial charge in [-0.15, -0.1) is 11.3 Å². The molecule has 1 amide bonds. The molecule has 0 fully saturated rings. The van der Waals surface area contributed by atoms with Gasteiger partial charge in [-0.05, 0) is 19.1 Å². The highest BCUT2D eigenvalue weighted by atomic mass is 35.5. The van der Waals surface area contributed by atoms with E-state index < -0.39 is 23.7 Å². The number of nitrogens with zero attached hydrogens (tertiary/aromatic N) is 1. The highest BCUT2D eigenvalue weighted by Gasteiger charge is 2.19. The van der Waals surface area contributed by atoms with Crippen LogP contribution < -0.4 is 5.32 Å². The number of aromatic carboxylic acids is 1. The van der Waals surface area contributed by atoms with Gasteiger partial charge in [0.2, 0.25) is 0 Å². The Bertz CT molecular complexity index is 704. The normalized spacial score (nSPS) is 12.0. The van der Waals surface area contributed by atoms with Gasteiger partial charge in [0.05, 0.1) is 16.6 Å². The number of thiazole rings is 1. The van der Waals surface area contributed by atoms with E-state index in [1.807, 2.05) is 0 Å². The molecule has 21 heavy (non-hydrogen) atoms. The minimum Gasteiger partial charge on any atom is -0.476 e. The molecule has 1 atom stereocenters. The third-order valence-electron chi connectivity index (χ3n) is 2.66. The average Bonchev–Trinajstić information content (AvgIpc) is 2.91. The largest absolute Gasteiger partial charge is 0.476 e. The Kier molecular flexibility index (Phi) is 4.54. The highest BCUT2D eigenvalue weighted by Crippen LogP contribution is 2.22. The molecule has 0 aliphatic rings. The fourth-order valence-corrected chi connectivity index (χ4v) is 2.61. The van der Waals surface area contributed by atoms with Crippen LogP contribution in [0, 0.1) is 5.82 Å². The fraction of sp³-hybridized carbons (Fsp3) is 0.154. The number of benzene rings is 1. The molecule has 1 unspecified atom stereocenters. The summed E-state index contributed by atoms with van der Waals surface area (Å²) in [6, 6.07) is 3.42. The Morgan fingerprint density at radius 3 is 2.81 bits per heavy atom. The topological polar surface area (TPSA) is 79.3 Å². The molecule has 1 aromatic heterocycles. The van der Waals surface area contributed by atoms with Crippen molar-refractivity contribution in [3.63, 3.8) is 0 Å². The summed E-state index contributed by atoms with van der Waals surface area (Å²) in [6.45, 7) is 1.65. The van der Waals surface area contributed by atoms with Crippen LogP contribution >= 0.6 is 22.9 Å². The Morgan fingerprint density at radius 1 is 1.48 bits per heavy atom. The number of carboxylic acid groups (broad SMARTS) is 1. The average molecular weight is 329 g/mol. The van der Waals surface area contributed by atoms with Gasteiger partial charge in [0.1, 0.15) is 10.8 Å². The molecule has 0 saturated heterocycles. The molecular weight excluding hydrogens is 319 g/mol. The lowest BCUT2D eigenvalue weighted by Gasteiger charge is -2.12. The van der Waals surface area contributed by atoms with Crippen LogP contribution in [0.3, 0.4) is 0 Å². The van der Waals surface area contributed by atoms with Crippen LogP contribution in [0.1, 0.15) is 38.8 Å². The number of halogens is 2. The third-order valence-corrected chi connectivity index (χ3v) is 4.07. The summed E-state index contributed by atoms with van der Waals surface area (Å²) >= 11 is 6.85. The summed E-state index contributed by atoms with van der Waals surface area (Å²) in [5.41, 5.74) is -0.0709. The van der Waals surface area contributed by atoms with Crippen LogP contribution in [0.15, 0.2) is 23.6 Å². The van der Waals surface area contributed by atoms with E-state index in [1.54, 1.807) is 6.92 Å². The molecule has 0 aliphatic carbocycles. The van der Waals surface area contributed by atoms with Crippen molar-refractivity contribution in [2.24, 2.45) is 0 Å². The van der Waals surface area contributed by atoms with Gasteiger partial charge in [-0.1, -0.05) is 17.7 Å². The SMILES string of the molecule is CC(NC(=O)c1cccc(F)c1Cl)c1nc(C(=O)O)cs1. The fourth-order valence-electron chi connectivity index (χ4n) is 1.60. The van der Waals surface area contributed by atoms with Crippen molar-refractivity contribution in [1.29, 1.82) is 0 Å². The molecule has 110 valence electrons. The van der Waals surface area contributed by atoms with E-state index in [1.165, 1.54) is 17.5 Å². The first-order valence-corrected chi connectivity index (χ1v) is 7.09. The van der Waals surface area contributed by atoms with E-state index in [0.717, 1.165) is 17.4 Å². The standard InChI is InChI=1S/C13H10ClFN2O3S/c1-6(12-17-9(5-21-12)13(19)20)16-11(18)7-3-2-4-8(15)10(7)14/h2-6H,1H3,(H,16,18)(H,19,20). The molecule has 0 spiro atoms. The van der Waals surface area contributed by atoms with E-state index in [4.69, 9.17) is 16.7 Å². The number of carbonyl (C=O) groups excluding carboxylic acids is 1. The Balaban J connectivity index is 2.14. The second-order valence-electron chi connectivity index (χ2n) is 4.17. The van der Waals surface area contributed by atoms with Crippen LogP contribution in [0.2, 0.25) is 5.02 Å². The lowest BCUT2D eigenvalue weighted by molar-refractivity contribution is 0.0691. The number of hydrogen-bond acceptors (Lipinski definition) is 4. The van der Waals surface area contributed by atoms with Gasteiger partial charge in [0.25, 0.3) is 5.91 Å². The molecular formula is C13H10ClFN2O3S. The van der Waals surface area contributed by atoms with Crippen LogP contribution in [0.4, 0.5) is 4.39 Å². The quantitative estimate of drug-likeness (QED) is 0.903. The van der Waals surface area contributed by atoms with Crippen molar-refractivity contribution in [2.45, 2.75) is 13.0 Å². The molecule has 5 nitrogen and oxygen atoms in total. The summed E-state index contributed by atoms with van der Waals surface area (Å²) in [5, 5.41) is 13.0. The summed E-state index contributed by atoms with van der Waals surface area (Å²) in [5.74, 6) is -2.37. The number of hydrogen-bond donors (Lipinski definition) is 2. The van der Waals surface area contributed by atoms with Crippen molar-refractivity contribution < 1.29 is 19.1 Å². The van der Waals surface area contributed by atoms with Crippen LogP contribution in [0.5, 0.6) is 0 Å². The van der Waals surface area contributed by atoms with Crippen molar-refractivity contribution in [1.82, 2.24) is 10.3 Å². The number of nitrogens with one attached hydrogen (secondary N) is 1. The minimum absolute atomic E-state index is 0.0125. The zero-order valence-corrected chi connectivity index (χ0v) is 12.3. The predicted octanol–water partition coefficient (Wildman–Crippen LogP) is 3.12. The molecule has 1 heterocycles.